The van der Waals surface area contributed by atoms with E-state index in [1.165, 1.54) is 11.8 Å². The number of halogens is 2. The first-order valence-corrected chi connectivity index (χ1v) is 8.10. The first-order chi connectivity index (χ1) is 10.5. The molecule has 2 aromatic carbocycles. The molecule has 116 valence electrons. The first kappa shape index (κ1) is 17.0. The summed E-state index contributed by atoms with van der Waals surface area (Å²) >= 11 is 13.1. The molecular formula is C16H14Cl2O3S. The zero-order chi connectivity index (χ0) is 16.1. The van der Waals surface area contributed by atoms with Crippen molar-refractivity contribution in [2.24, 2.45) is 0 Å². The van der Waals surface area contributed by atoms with Gasteiger partial charge >= 0.3 is 5.97 Å². The Kier molecular flexibility index (Phi) is 6.00. The predicted octanol–water partition coefficient (Wildman–Crippen LogP) is 4.79. The number of hydrogen-bond acceptors (Lipinski definition) is 3. The SMILES string of the molecule is COc1ccc(Cl)cc1C[C@H](Sc1ccc(Cl)cc1)C(=O)O. The second-order valence-electron chi connectivity index (χ2n) is 4.56. The van der Waals surface area contributed by atoms with Crippen molar-refractivity contribution in [1.29, 1.82) is 0 Å². The first-order valence-electron chi connectivity index (χ1n) is 6.47. The number of carboxylic acids is 1. The van der Waals surface area contributed by atoms with Gasteiger partial charge in [0.25, 0.3) is 0 Å². The topological polar surface area (TPSA) is 46.5 Å². The van der Waals surface area contributed by atoms with E-state index in [1.807, 2.05) is 0 Å². The number of ether oxygens (including phenoxy) is 1. The minimum atomic E-state index is -0.887. The Morgan fingerprint density at radius 1 is 1.18 bits per heavy atom. The van der Waals surface area contributed by atoms with Crippen molar-refractivity contribution in [2.75, 3.05) is 7.11 Å². The molecular weight excluding hydrogens is 343 g/mol. The molecule has 1 N–H and O–H groups in total. The van der Waals surface area contributed by atoms with Crippen LogP contribution in [0, 0.1) is 0 Å². The van der Waals surface area contributed by atoms with E-state index in [4.69, 9.17) is 27.9 Å². The predicted molar refractivity (Wildman–Crippen MR) is 90.4 cm³/mol. The van der Waals surface area contributed by atoms with E-state index < -0.39 is 11.2 Å². The second-order valence-corrected chi connectivity index (χ2v) is 6.71. The smallest absolute Gasteiger partial charge is 0.317 e. The van der Waals surface area contributed by atoms with Gasteiger partial charge in [0.05, 0.1) is 7.11 Å². The lowest BCUT2D eigenvalue weighted by molar-refractivity contribution is -0.136. The molecule has 0 heterocycles. The molecule has 2 rings (SSSR count). The van der Waals surface area contributed by atoms with Gasteiger partial charge in [-0.3, -0.25) is 4.79 Å². The highest BCUT2D eigenvalue weighted by Gasteiger charge is 2.21. The van der Waals surface area contributed by atoms with E-state index in [1.54, 1.807) is 49.6 Å². The van der Waals surface area contributed by atoms with E-state index in [9.17, 15) is 9.90 Å². The standard InChI is InChI=1S/C16H14Cl2O3S/c1-21-14-7-4-12(18)8-10(14)9-15(16(19)20)22-13-5-2-11(17)3-6-13/h2-8,15H,9H2,1H3,(H,19,20)/t15-/m0/s1. The van der Waals surface area contributed by atoms with Crippen LogP contribution in [-0.4, -0.2) is 23.4 Å². The Bertz CT molecular complexity index is 659. The van der Waals surface area contributed by atoms with Crippen LogP contribution in [0.2, 0.25) is 10.0 Å². The zero-order valence-electron chi connectivity index (χ0n) is 11.8. The fourth-order valence-corrected chi connectivity index (χ4v) is 3.27. The van der Waals surface area contributed by atoms with Crippen LogP contribution in [0.3, 0.4) is 0 Å². The lowest BCUT2D eigenvalue weighted by Gasteiger charge is -2.15. The van der Waals surface area contributed by atoms with Crippen LogP contribution in [0.25, 0.3) is 0 Å². The average molecular weight is 357 g/mol. The third-order valence-corrected chi connectivity index (χ3v) is 4.70. The summed E-state index contributed by atoms with van der Waals surface area (Å²) in [7, 11) is 1.55. The lowest BCUT2D eigenvalue weighted by Crippen LogP contribution is -2.19. The number of benzene rings is 2. The van der Waals surface area contributed by atoms with Crippen LogP contribution in [0.5, 0.6) is 5.75 Å². The van der Waals surface area contributed by atoms with Gasteiger partial charge in [-0.25, -0.2) is 0 Å². The van der Waals surface area contributed by atoms with Crippen LogP contribution >= 0.6 is 35.0 Å². The van der Waals surface area contributed by atoms with Gasteiger partial charge in [0.1, 0.15) is 11.0 Å². The third kappa shape index (κ3) is 4.57. The van der Waals surface area contributed by atoms with Crippen LogP contribution in [0.15, 0.2) is 47.4 Å². The van der Waals surface area contributed by atoms with Crippen molar-refractivity contribution < 1.29 is 14.6 Å². The van der Waals surface area contributed by atoms with Crippen molar-refractivity contribution in [3.8, 4) is 5.75 Å². The summed E-state index contributed by atoms with van der Waals surface area (Å²) in [4.78, 5) is 12.4. The van der Waals surface area contributed by atoms with Gasteiger partial charge in [-0.2, -0.15) is 0 Å². The molecule has 0 aromatic heterocycles. The summed E-state index contributed by atoms with van der Waals surface area (Å²) < 4.78 is 5.27. The summed E-state index contributed by atoms with van der Waals surface area (Å²) in [5.74, 6) is -0.255. The van der Waals surface area contributed by atoms with Crippen molar-refractivity contribution in [1.82, 2.24) is 0 Å². The molecule has 0 amide bonds. The van der Waals surface area contributed by atoms with Gasteiger partial charge in [-0.15, -0.1) is 11.8 Å². The number of thioether (sulfide) groups is 1. The summed E-state index contributed by atoms with van der Waals surface area (Å²) in [6.45, 7) is 0. The van der Waals surface area contributed by atoms with Gasteiger partial charge in [0, 0.05) is 14.9 Å². The molecule has 0 saturated heterocycles. The van der Waals surface area contributed by atoms with E-state index in [2.05, 4.69) is 0 Å². The quantitative estimate of drug-likeness (QED) is 0.755. The molecule has 6 heteroatoms. The molecule has 22 heavy (non-hydrogen) atoms. The van der Waals surface area contributed by atoms with Crippen LogP contribution in [-0.2, 0) is 11.2 Å². The van der Waals surface area contributed by atoms with Gasteiger partial charge in [-0.05, 0) is 54.4 Å². The average Bonchev–Trinajstić information content (AvgIpc) is 2.49. The fraction of sp³-hybridized carbons (Fsp3) is 0.188. The summed E-state index contributed by atoms with van der Waals surface area (Å²) in [6.07, 6.45) is 0.312. The Balaban J connectivity index is 2.20. The van der Waals surface area contributed by atoms with E-state index in [-0.39, 0.29) is 0 Å². The maximum Gasteiger partial charge on any atom is 0.317 e. The van der Waals surface area contributed by atoms with E-state index >= 15 is 0 Å². The van der Waals surface area contributed by atoms with Crippen LogP contribution in [0.1, 0.15) is 5.56 Å². The van der Waals surface area contributed by atoms with Gasteiger partial charge < -0.3 is 9.84 Å². The molecule has 0 aliphatic carbocycles. The number of hydrogen-bond donors (Lipinski definition) is 1. The van der Waals surface area contributed by atoms with Crippen molar-refractivity contribution >= 4 is 40.9 Å². The van der Waals surface area contributed by atoms with Gasteiger partial charge in [0.2, 0.25) is 0 Å². The molecule has 2 aromatic rings. The number of carboxylic acid groups (broad SMARTS) is 1. The van der Waals surface area contributed by atoms with Crippen molar-refractivity contribution in [3.63, 3.8) is 0 Å². The third-order valence-electron chi connectivity index (χ3n) is 3.02. The molecule has 3 nitrogen and oxygen atoms in total. The highest BCUT2D eigenvalue weighted by Crippen LogP contribution is 2.31. The van der Waals surface area contributed by atoms with Crippen molar-refractivity contribution in [2.45, 2.75) is 16.6 Å². The Morgan fingerprint density at radius 2 is 1.82 bits per heavy atom. The molecule has 1 atom stereocenters. The molecule has 0 aliphatic heterocycles. The van der Waals surface area contributed by atoms with Gasteiger partial charge in [0.15, 0.2) is 0 Å². The summed E-state index contributed by atoms with van der Waals surface area (Å²) in [5, 5.41) is 9.99. The van der Waals surface area contributed by atoms with Gasteiger partial charge in [-0.1, -0.05) is 23.2 Å². The lowest BCUT2D eigenvalue weighted by atomic mass is 10.1. The molecule has 0 spiro atoms. The molecule has 0 aliphatic rings. The fourth-order valence-electron chi connectivity index (χ4n) is 1.96. The highest BCUT2D eigenvalue weighted by atomic mass is 35.5. The molecule has 0 bridgehead atoms. The molecule has 0 saturated carbocycles. The van der Waals surface area contributed by atoms with Crippen LogP contribution < -0.4 is 4.74 Å². The summed E-state index contributed by atoms with van der Waals surface area (Å²) in [6, 6.07) is 12.3. The van der Waals surface area contributed by atoms with Crippen molar-refractivity contribution in [3.05, 3.63) is 58.1 Å². The molecule has 0 radical (unpaired) electrons. The minimum Gasteiger partial charge on any atom is -0.496 e. The molecule has 0 fully saturated rings. The zero-order valence-corrected chi connectivity index (χ0v) is 14.1. The van der Waals surface area contributed by atoms with Crippen LogP contribution in [0.4, 0.5) is 0 Å². The number of aliphatic carboxylic acids is 1. The summed E-state index contributed by atoms with van der Waals surface area (Å²) in [5.41, 5.74) is 0.767. The Morgan fingerprint density at radius 3 is 2.41 bits per heavy atom. The largest absolute Gasteiger partial charge is 0.496 e. The Labute approximate surface area is 143 Å². The minimum absolute atomic E-state index is 0.312. The molecule has 0 unspecified atom stereocenters. The normalized spacial score (nSPS) is 12.0. The maximum absolute atomic E-state index is 11.5. The second kappa shape index (κ2) is 7.77. The number of carbonyl (C=O) groups is 1. The number of rotatable bonds is 6. The number of methoxy groups -OCH3 is 1. The maximum atomic E-state index is 11.5. The monoisotopic (exact) mass is 356 g/mol. The highest BCUT2D eigenvalue weighted by molar-refractivity contribution is 8.00. The van der Waals surface area contributed by atoms with E-state index in [0.717, 1.165) is 10.5 Å². The van der Waals surface area contributed by atoms with E-state index in [0.29, 0.717) is 22.2 Å². The Hall–Kier alpha value is -1.36.